The fraction of sp³-hybridized carbons (Fsp3) is 0.226. The van der Waals surface area contributed by atoms with Crippen LogP contribution in [0.15, 0.2) is 52.9 Å². The third kappa shape index (κ3) is 5.53. The average molecular weight is 631 g/mol. The molecule has 0 radical (unpaired) electrons. The van der Waals surface area contributed by atoms with Crippen LogP contribution in [-0.4, -0.2) is 67.9 Å². The molecule has 1 fully saturated rings. The number of hydrogen-bond acceptors (Lipinski definition) is 9. The summed E-state index contributed by atoms with van der Waals surface area (Å²) < 4.78 is 21.4. The highest BCUT2D eigenvalue weighted by Gasteiger charge is 2.24. The van der Waals surface area contributed by atoms with E-state index in [2.05, 4.69) is 21.0 Å². The van der Waals surface area contributed by atoms with Crippen LogP contribution >= 0.6 is 22.9 Å². The Kier molecular flexibility index (Phi) is 8.09. The minimum Gasteiger partial charge on any atom is -0.491 e. The van der Waals surface area contributed by atoms with Crippen LogP contribution in [0, 0.1) is 18.3 Å². The molecule has 5 aromatic rings. The highest BCUT2D eigenvalue weighted by Crippen LogP contribution is 2.39. The van der Waals surface area contributed by atoms with Crippen LogP contribution in [0.4, 0.5) is 4.39 Å². The van der Waals surface area contributed by atoms with Gasteiger partial charge in [-0.3, -0.25) is 24.2 Å². The number of benzene rings is 1. The van der Waals surface area contributed by atoms with E-state index in [9.17, 15) is 24.3 Å². The van der Waals surface area contributed by atoms with Gasteiger partial charge in [0, 0.05) is 47.4 Å². The zero-order valence-electron chi connectivity index (χ0n) is 23.3. The number of alkyl halides is 1. The SMILES string of the molecule is Cc1nc2cnc(/C=C/CN3CC(F)C3)c(C#N)c2c(=O)n1CCOc1ccc(Cl)cc1-c1ccnc2c(C(=O)O)csc12. The first kappa shape index (κ1) is 29.4. The van der Waals surface area contributed by atoms with Gasteiger partial charge in [-0.2, -0.15) is 5.26 Å². The van der Waals surface area contributed by atoms with Crippen molar-refractivity contribution in [2.75, 3.05) is 26.2 Å². The first-order chi connectivity index (χ1) is 21.2. The zero-order chi connectivity index (χ0) is 31.0. The van der Waals surface area contributed by atoms with Crippen molar-refractivity contribution in [3.05, 3.63) is 86.1 Å². The lowest BCUT2D eigenvalue weighted by Crippen LogP contribution is -2.48. The van der Waals surface area contributed by atoms with Gasteiger partial charge in [-0.15, -0.1) is 11.3 Å². The third-order valence-corrected chi connectivity index (χ3v) is 8.61. The van der Waals surface area contributed by atoms with E-state index in [1.165, 1.54) is 22.1 Å². The molecule has 13 heteroatoms. The van der Waals surface area contributed by atoms with Gasteiger partial charge in [0.1, 0.15) is 30.4 Å². The highest BCUT2D eigenvalue weighted by atomic mass is 35.5. The van der Waals surface area contributed by atoms with E-state index in [1.54, 1.807) is 54.9 Å². The maximum Gasteiger partial charge on any atom is 0.338 e. The fourth-order valence-corrected chi connectivity index (χ4v) is 6.39. The molecule has 1 aliphatic rings. The van der Waals surface area contributed by atoms with Crippen LogP contribution in [0.3, 0.4) is 0 Å². The van der Waals surface area contributed by atoms with Crippen LogP contribution in [0.25, 0.3) is 38.3 Å². The summed E-state index contributed by atoms with van der Waals surface area (Å²) >= 11 is 7.61. The van der Waals surface area contributed by atoms with Gasteiger partial charge >= 0.3 is 5.97 Å². The molecule has 10 nitrogen and oxygen atoms in total. The number of ether oxygens (including phenoxy) is 1. The molecule has 0 bridgehead atoms. The molecule has 1 aromatic carbocycles. The van der Waals surface area contributed by atoms with Gasteiger partial charge < -0.3 is 9.84 Å². The Bertz CT molecular complexity index is 2060. The fourth-order valence-electron chi connectivity index (χ4n) is 5.19. The summed E-state index contributed by atoms with van der Waals surface area (Å²) in [5, 5.41) is 21.7. The summed E-state index contributed by atoms with van der Waals surface area (Å²) in [4.78, 5) is 40.4. The number of aromatic carboxylic acids is 1. The second-order valence-corrected chi connectivity index (χ2v) is 11.5. The van der Waals surface area contributed by atoms with E-state index < -0.39 is 12.1 Å². The Morgan fingerprint density at radius 2 is 2.11 bits per heavy atom. The predicted octanol–water partition coefficient (Wildman–Crippen LogP) is 5.35. The summed E-state index contributed by atoms with van der Waals surface area (Å²) in [5.74, 6) is -0.137. The van der Waals surface area contributed by atoms with Crippen molar-refractivity contribution in [1.29, 1.82) is 5.26 Å². The van der Waals surface area contributed by atoms with Crippen molar-refractivity contribution < 1.29 is 19.0 Å². The van der Waals surface area contributed by atoms with E-state index in [1.807, 2.05) is 4.90 Å². The number of carbonyl (C=O) groups is 1. The highest BCUT2D eigenvalue weighted by molar-refractivity contribution is 7.18. The maximum atomic E-state index is 13.7. The number of carboxylic acid groups (broad SMARTS) is 1. The van der Waals surface area contributed by atoms with Gasteiger partial charge in [-0.1, -0.05) is 17.7 Å². The minimum atomic E-state index is -1.06. The molecule has 1 N–H and O–H groups in total. The lowest BCUT2D eigenvalue weighted by molar-refractivity contribution is 0.0699. The van der Waals surface area contributed by atoms with Crippen LogP contribution in [0.1, 0.15) is 27.4 Å². The summed E-state index contributed by atoms with van der Waals surface area (Å²) in [6.45, 7) is 3.20. The van der Waals surface area contributed by atoms with E-state index >= 15 is 0 Å². The predicted molar refractivity (Wildman–Crippen MR) is 166 cm³/mol. The molecule has 1 aliphatic heterocycles. The van der Waals surface area contributed by atoms with Gasteiger partial charge in [-0.05, 0) is 37.3 Å². The average Bonchev–Trinajstić information content (AvgIpc) is 3.43. The Labute approximate surface area is 259 Å². The summed E-state index contributed by atoms with van der Waals surface area (Å²) in [6, 6.07) is 9.02. The van der Waals surface area contributed by atoms with Crippen molar-refractivity contribution in [2.24, 2.45) is 0 Å². The van der Waals surface area contributed by atoms with E-state index in [-0.39, 0.29) is 35.2 Å². The Morgan fingerprint density at radius 3 is 2.86 bits per heavy atom. The van der Waals surface area contributed by atoms with Crippen molar-refractivity contribution in [2.45, 2.75) is 19.6 Å². The zero-order valence-corrected chi connectivity index (χ0v) is 24.9. The number of halogens is 2. The van der Waals surface area contributed by atoms with Gasteiger partial charge in [0.05, 0.1) is 50.7 Å². The van der Waals surface area contributed by atoms with Crippen LogP contribution in [-0.2, 0) is 6.54 Å². The Balaban J connectivity index is 1.28. The molecule has 4 aromatic heterocycles. The van der Waals surface area contributed by atoms with E-state index in [0.29, 0.717) is 63.2 Å². The summed E-state index contributed by atoms with van der Waals surface area (Å²) in [5.41, 5.74) is 2.26. The normalized spacial score (nSPS) is 13.9. The van der Waals surface area contributed by atoms with Gasteiger partial charge in [-0.25, -0.2) is 14.2 Å². The number of nitriles is 1. The van der Waals surface area contributed by atoms with Crippen molar-refractivity contribution in [1.82, 2.24) is 24.4 Å². The minimum absolute atomic E-state index is 0.0900. The molecule has 0 atom stereocenters. The molecule has 0 amide bonds. The molecule has 0 spiro atoms. The molecule has 0 unspecified atom stereocenters. The number of rotatable bonds is 9. The van der Waals surface area contributed by atoms with E-state index in [4.69, 9.17) is 16.3 Å². The number of thiophene rings is 1. The summed E-state index contributed by atoms with van der Waals surface area (Å²) in [6.07, 6.45) is 5.68. The van der Waals surface area contributed by atoms with Gasteiger partial charge in [0.15, 0.2) is 0 Å². The smallest absolute Gasteiger partial charge is 0.338 e. The monoisotopic (exact) mass is 630 g/mol. The lowest BCUT2D eigenvalue weighted by Gasteiger charge is -2.33. The number of likely N-dealkylation sites (tertiary alicyclic amines) is 1. The van der Waals surface area contributed by atoms with Crippen LogP contribution < -0.4 is 10.3 Å². The Morgan fingerprint density at radius 1 is 1.30 bits per heavy atom. The number of aromatic nitrogens is 4. The number of carboxylic acids is 1. The molecule has 222 valence electrons. The summed E-state index contributed by atoms with van der Waals surface area (Å²) in [7, 11) is 0. The number of pyridine rings is 2. The second-order valence-electron chi connectivity index (χ2n) is 10.2. The molecular formula is C31H24ClFN6O4S. The molecule has 5 heterocycles. The topological polar surface area (TPSA) is 134 Å². The second kappa shape index (κ2) is 12.1. The number of nitrogens with zero attached hydrogens (tertiary/aromatic N) is 6. The third-order valence-electron chi connectivity index (χ3n) is 7.37. The first-order valence-electron chi connectivity index (χ1n) is 13.6. The molecule has 1 saturated heterocycles. The standard InChI is InChI=1S/C31H24ClFN6O4S/c1-17-37-25-13-36-24(3-2-8-38-14-19(33)15-38)22(12-34)27(25)30(40)39(17)9-10-43-26-5-4-18(32)11-21(26)20-6-7-35-28-23(31(41)42)16-44-29(20)28/h2-7,11,13,16,19H,8-10,14-15H2,1H3,(H,41,42)/b3-2+. The van der Waals surface area contributed by atoms with Gasteiger partial charge in [0.2, 0.25) is 0 Å². The van der Waals surface area contributed by atoms with Crippen molar-refractivity contribution in [3.63, 3.8) is 0 Å². The molecule has 44 heavy (non-hydrogen) atoms. The van der Waals surface area contributed by atoms with Gasteiger partial charge in [0.25, 0.3) is 5.56 Å². The number of fused-ring (bicyclic) bond motifs is 2. The molecular weight excluding hydrogens is 607 g/mol. The molecule has 0 aliphatic carbocycles. The quantitative estimate of drug-likeness (QED) is 0.229. The van der Waals surface area contributed by atoms with Crippen molar-refractivity contribution in [3.8, 4) is 22.9 Å². The number of aryl methyl sites for hydroxylation is 1. The Hall–Kier alpha value is -4.70. The molecule has 0 saturated carbocycles. The lowest BCUT2D eigenvalue weighted by atomic mass is 10.0. The van der Waals surface area contributed by atoms with Crippen molar-refractivity contribution >= 4 is 56.1 Å². The largest absolute Gasteiger partial charge is 0.491 e. The molecule has 6 rings (SSSR count). The van der Waals surface area contributed by atoms with Crippen LogP contribution in [0.5, 0.6) is 5.75 Å². The van der Waals surface area contributed by atoms with Crippen LogP contribution in [0.2, 0.25) is 5.02 Å². The number of hydrogen-bond donors (Lipinski definition) is 1. The van der Waals surface area contributed by atoms with E-state index in [0.717, 1.165) is 5.56 Å². The first-order valence-corrected chi connectivity index (χ1v) is 14.9. The maximum absolute atomic E-state index is 13.7.